The molecule has 2 nitrogen and oxygen atoms in total. The van der Waals surface area contributed by atoms with Crippen molar-refractivity contribution in [3.8, 4) is 0 Å². The maximum absolute atomic E-state index is 11.1. The number of nitrogens with zero attached hydrogens (tertiary/aromatic N) is 1. The van der Waals surface area contributed by atoms with Crippen LogP contribution in [-0.4, -0.2) is 16.5 Å². The molecule has 0 heterocycles. The first kappa shape index (κ1) is 12.1. The zero-order valence-electron chi connectivity index (χ0n) is 9.80. The van der Waals surface area contributed by atoms with Crippen molar-refractivity contribution in [1.29, 1.82) is 0 Å². The van der Waals surface area contributed by atoms with Gasteiger partial charge in [-0.05, 0) is 23.3 Å². The van der Waals surface area contributed by atoms with Crippen LogP contribution in [0.2, 0.25) is 0 Å². The lowest BCUT2D eigenvalue weighted by molar-refractivity contribution is 0.598. The van der Waals surface area contributed by atoms with Crippen molar-refractivity contribution in [3.05, 3.63) is 48.0 Å². The van der Waals surface area contributed by atoms with Crippen LogP contribution in [0, 0.1) is 0 Å². The molecule has 0 saturated heterocycles. The lowest BCUT2D eigenvalue weighted by Gasteiger charge is -2.01. The van der Waals surface area contributed by atoms with Crippen LogP contribution in [-0.2, 0) is 17.8 Å². The van der Waals surface area contributed by atoms with Gasteiger partial charge in [0.1, 0.15) is 5.75 Å². The van der Waals surface area contributed by atoms with Crippen molar-refractivity contribution in [1.82, 2.24) is 0 Å². The third-order valence-electron chi connectivity index (χ3n) is 2.58. The summed E-state index contributed by atoms with van der Waals surface area (Å²) in [5.74, 6) is 0.578. The van der Waals surface area contributed by atoms with Gasteiger partial charge in [-0.3, -0.25) is 0 Å². The number of rotatable bonds is 4. The monoisotopic (exact) mass is 245 g/mol. The molecule has 0 aliphatic carbocycles. The molecule has 1 atom stereocenters. The molecule has 3 heteroatoms. The van der Waals surface area contributed by atoms with Crippen molar-refractivity contribution >= 4 is 28.3 Å². The third-order valence-corrected chi connectivity index (χ3v) is 3.46. The zero-order valence-corrected chi connectivity index (χ0v) is 10.6. The molecule has 2 aromatic carbocycles. The van der Waals surface area contributed by atoms with Gasteiger partial charge in [0.25, 0.3) is 0 Å². The molecule has 0 spiro atoms. The summed E-state index contributed by atoms with van der Waals surface area (Å²) in [6.07, 6.45) is 2.47. The van der Waals surface area contributed by atoms with Crippen LogP contribution in [0.25, 0.3) is 10.8 Å². The second kappa shape index (κ2) is 5.84. The molecule has 2 aromatic rings. The Bertz CT molecular complexity index is 524. The lowest BCUT2D eigenvalue weighted by atomic mass is 10.1. The fraction of sp³-hybridized carbons (Fsp3) is 0.214. The summed E-state index contributed by atoms with van der Waals surface area (Å²) in [7, 11) is 0. The predicted octanol–water partition coefficient (Wildman–Crippen LogP) is 3.14. The Kier molecular flexibility index (Phi) is 4.18. The van der Waals surface area contributed by atoms with Crippen molar-refractivity contribution in [2.24, 2.45) is 4.40 Å². The molecular weight excluding hydrogens is 230 g/mol. The fourth-order valence-corrected chi connectivity index (χ4v) is 2.06. The maximum atomic E-state index is 11.1. The summed E-state index contributed by atoms with van der Waals surface area (Å²) in [6, 6.07) is 14.6. The van der Waals surface area contributed by atoms with Crippen LogP contribution in [0.4, 0.5) is 0 Å². The Hall–Kier alpha value is -1.32. The van der Waals surface area contributed by atoms with E-state index in [2.05, 4.69) is 34.7 Å². The molecule has 0 amide bonds. The second-order valence-electron chi connectivity index (χ2n) is 3.78. The van der Waals surface area contributed by atoms with Gasteiger partial charge in [-0.15, -0.1) is 0 Å². The Morgan fingerprint density at radius 1 is 1.18 bits per heavy atom. The van der Waals surface area contributed by atoms with E-state index in [9.17, 15) is 4.55 Å². The first-order valence-electron chi connectivity index (χ1n) is 5.68. The topological polar surface area (TPSA) is 35.4 Å². The van der Waals surface area contributed by atoms with Gasteiger partial charge >= 0.3 is 0 Å². The normalized spacial score (nSPS) is 13.3. The highest BCUT2D eigenvalue weighted by molar-refractivity contribution is 7.90. The van der Waals surface area contributed by atoms with E-state index in [4.69, 9.17) is 0 Å². The number of fused-ring (bicyclic) bond motifs is 1. The summed E-state index contributed by atoms with van der Waals surface area (Å²) in [6.45, 7) is 1.86. The minimum Gasteiger partial charge on any atom is -0.591 e. The van der Waals surface area contributed by atoms with Gasteiger partial charge in [-0.2, -0.15) is 0 Å². The molecule has 0 bridgehead atoms. The molecule has 17 heavy (non-hydrogen) atoms. The Balaban J connectivity index is 2.12. The van der Waals surface area contributed by atoms with Gasteiger partial charge in [0, 0.05) is 6.42 Å². The maximum Gasteiger partial charge on any atom is 0.130 e. The first-order valence-corrected chi connectivity index (χ1v) is 6.96. The lowest BCUT2D eigenvalue weighted by Crippen LogP contribution is -1.99. The van der Waals surface area contributed by atoms with E-state index in [1.807, 2.05) is 19.1 Å². The molecule has 88 valence electrons. The molecule has 0 aliphatic rings. The Morgan fingerprint density at radius 3 is 2.71 bits per heavy atom. The fourth-order valence-electron chi connectivity index (χ4n) is 1.67. The smallest absolute Gasteiger partial charge is 0.130 e. The van der Waals surface area contributed by atoms with Gasteiger partial charge in [-0.25, -0.2) is 0 Å². The summed E-state index contributed by atoms with van der Waals surface area (Å²) in [5.41, 5.74) is 1.19. The van der Waals surface area contributed by atoms with Crippen LogP contribution >= 0.6 is 0 Å². The molecule has 1 unspecified atom stereocenters. The van der Waals surface area contributed by atoms with Gasteiger partial charge in [-0.1, -0.05) is 46.9 Å². The molecule has 0 saturated carbocycles. The van der Waals surface area contributed by atoms with Crippen molar-refractivity contribution < 1.29 is 4.55 Å². The van der Waals surface area contributed by atoms with Gasteiger partial charge in [0.15, 0.2) is 0 Å². The highest BCUT2D eigenvalue weighted by Crippen LogP contribution is 2.15. The van der Waals surface area contributed by atoms with Crippen LogP contribution in [0.5, 0.6) is 0 Å². The van der Waals surface area contributed by atoms with Gasteiger partial charge in [0.2, 0.25) is 0 Å². The zero-order chi connectivity index (χ0) is 12.1. The minimum absolute atomic E-state index is 0.578. The molecular formula is C14H15NOS. The van der Waals surface area contributed by atoms with E-state index >= 15 is 0 Å². The van der Waals surface area contributed by atoms with E-state index in [1.54, 1.807) is 6.21 Å². The summed E-state index contributed by atoms with van der Waals surface area (Å²) in [4.78, 5) is 0. The summed E-state index contributed by atoms with van der Waals surface area (Å²) < 4.78 is 15.1. The second-order valence-corrected chi connectivity index (χ2v) is 5.21. The molecule has 0 radical (unpaired) electrons. The van der Waals surface area contributed by atoms with Crippen molar-refractivity contribution in [3.63, 3.8) is 0 Å². The highest BCUT2D eigenvalue weighted by atomic mass is 32.2. The quantitative estimate of drug-likeness (QED) is 0.602. The van der Waals surface area contributed by atoms with E-state index in [-0.39, 0.29) is 0 Å². The number of benzene rings is 2. The number of hydrogen-bond donors (Lipinski definition) is 0. The average molecular weight is 245 g/mol. The Morgan fingerprint density at radius 2 is 1.94 bits per heavy atom. The number of hydrogen-bond acceptors (Lipinski definition) is 2. The minimum atomic E-state index is -1.06. The predicted molar refractivity (Wildman–Crippen MR) is 74.8 cm³/mol. The van der Waals surface area contributed by atoms with Crippen LogP contribution in [0.3, 0.4) is 0 Å². The van der Waals surface area contributed by atoms with Crippen LogP contribution in [0.15, 0.2) is 46.9 Å². The van der Waals surface area contributed by atoms with E-state index < -0.39 is 11.4 Å². The van der Waals surface area contributed by atoms with E-state index in [0.717, 1.165) is 6.42 Å². The SMILES string of the molecule is CC[S+]([O-])/N=C/Cc1ccc2ccccc2c1. The van der Waals surface area contributed by atoms with E-state index in [0.29, 0.717) is 5.75 Å². The third kappa shape index (κ3) is 3.32. The summed E-state index contributed by atoms with van der Waals surface area (Å²) >= 11 is -1.06. The molecule has 2 rings (SSSR count). The molecule has 0 fully saturated rings. The molecule has 0 aromatic heterocycles. The summed E-state index contributed by atoms with van der Waals surface area (Å²) in [5, 5.41) is 2.47. The highest BCUT2D eigenvalue weighted by Gasteiger charge is 1.97. The van der Waals surface area contributed by atoms with Crippen LogP contribution in [0.1, 0.15) is 12.5 Å². The first-order chi connectivity index (χ1) is 8.29. The van der Waals surface area contributed by atoms with Gasteiger partial charge < -0.3 is 4.55 Å². The van der Waals surface area contributed by atoms with E-state index in [1.165, 1.54) is 16.3 Å². The molecule has 0 N–H and O–H groups in total. The largest absolute Gasteiger partial charge is 0.591 e. The van der Waals surface area contributed by atoms with Crippen LogP contribution < -0.4 is 0 Å². The Labute approximate surface area is 105 Å². The van der Waals surface area contributed by atoms with Crippen molar-refractivity contribution in [2.75, 3.05) is 5.75 Å². The average Bonchev–Trinajstić information content (AvgIpc) is 2.38. The molecule has 0 aliphatic heterocycles. The standard InChI is InChI=1S/C14H15NOS/c1-2-17(16)15-10-9-12-7-8-13-5-3-4-6-14(13)11-12/h3-8,10-11H,2,9H2,1H3/b15-10+. The van der Waals surface area contributed by atoms with Gasteiger partial charge in [0.05, 0.1) is 17.6 Å². The van der Waals surface area contributed by atoms with Crippen molar-refractivity contribution in [2.45, 2.75) is 13.3 Å².